The third kappa shape index (κ3) is 3.78. The quantitative estimate of drug-likeness (QED) is 0.843. The van der Waals surface area contributed by atoms with Crippen LogP contribution in [0.5, 0.6) is 0 Å². The Morgan fingerprint density at radius 1 is 1.33 bits per heavy atom. The van der Waals surface area contributed by atoms with Gasteiger partial charge in [-0.15, -0.1) is 0 Å². The average Bonchev–Trinajstić information content (AvgIpc) is 2.37. The smallest absolute Gasteiger partial charge is 0.228 e. The molecule has 0 radical (unpaired) electrons. The third-order valence-electron chi connectivity index (χ3n) is 1.87. The van der Waals surface area contributed by atoms with Gasteiger partial charge in [-0.05, 0) is 35.9 Å². The van der Waals surface area contributed by atoms with E-state index in [1.165, 1.54) is 18.1 Å². The van der Waals surface area contributed by atoms with Gasteiger partial charge >= 0.3 is 0 Å². The predicted molar refractivity (Wildman–Crippen MR) is 69.8 cm³/mol. The molecule has 18 heavy (non-hydrogen) atoms. The molecule has 0 bridgehead atoms. The number of nitrogens with zero attached hydrogens (tertiary/aromatic N) is 5. The fourth-order valence-corrected chi connectivity index (χ4v) is 2.02. The molecule has 0 unspecified atom stereocenters. The number of hydrogen-bond donors (Lipinski definition) is 1. The van der Waals surface area contributed by atoms with Crippen LogP contribution in [0.4, 0.5) is 5.95 Å². The van der Waals surface area contributed by atoms with Crippen LogP contribution < -0.4 is 5.32 Å². The minimum atomic E-state index is 0.167. The summed E-state index contributed by atoms with van der Waals surface area (Å²) in [5.41, 5.74) is 0. The first-order valence-electron chi connectivity index (χ1n) is 5.37. The lowest BCUT2D eigenvalue weighted by Gasteiger charge is -2.04. The Morgan fingerprint density at radius 3 is 2.94 bits per heavy atom. The van der Waals surface area contributed by atoms with Crippen LogP contribution in [0.15, 0.2) is 28.8 Å². The third-order valence-corrected chi connectivity index (χ3v) is 2.86. The van der Waals surface area contributed by atoms with Gasteiger partial charge in [-0.1, -0.05) is 6.92 Å². The summed E-state index contributed by atoms with van der Waals surface area (Å²) in [6, 6.07) is 1.78. The standard InChI is InChI=1S/C10H11ClN6S/c1-2-4-13-9-15-8(11)16-10(17-9)18-7-3-5-12-6-14-7/h3,5-6H,2,4H2,1H3,(H,13,15,16,17). The largest absolute Gasteiger partial charge is 0.354 e. The summed E-state index contributed by atoms with van der Waals surface area (Å²) < 4.78 is 0. The Labute approximate surface area is 114 Å². The molecule has 0 amide bonds. The fraction of sp³-hybridized carbons (Fsp3) is 0.300. The second kappa shape index (κ2) is 6.46. The number of aromatic nitrogens is 5. The highest BCUT2D eigenvalue weighted by molar-refractivity contribution is 7.99. The Kier molecular flexibility index (Phi) is 4.66. The van der Waals surface area contributed by atoms with Crippen LogP contribution in [0.1, 0.15) is 13.3 Å². The molecule has 2 aromatic rings. The average molecular weight is 283 g/mol. The molecule has 2 heterocycles. The number of hydrogen-bond acceptors (Lipinski definition) is 7. The van der Waals surface area contributed by atoms with Gasteiger partial charge in [-0.25, -0.2) is 9.97 Å². The van der Waals surface area contributed by atoms with Gasteiger partial charge in [-0.3, -0.25) is 0 Å². The Hall–Kier alpha value is -1.47. The summed E-state index contributed by atoms with van der Waals surface area (Å²) in [7, 11) is 0. The SMILES string of the molecule is CCCNc1nc(Cl)nc(Sc2ccncn2)n1. The second-order valence-corrected chi connectivity index (χ2v) is 4.61. The van der Waals surface area contributed by atoms with E-state index in [0.717, 1.165) is 18.0 Å². The first kappa shape index (κ1) is 13.0. The molecule has 6 nitrogen and oxygen atoms in total. The van der Waals surface area contributed by atoms with Crippen molar-refractivity contribution in [2.75, 3.05) is 11.9 Å². The van der Waals surface area contributed by atoms with Gasteiger partial charge in [0.15, 0.2) is 5.16 Å². The van der Waals surface area contributed by atoms with E-state index in [1.54, 1.807) is 12.3 Å². The van der Waals surface area contributed by atoms with Crippen molar-refractivity contribution in [2.45, 2.75) is 23.5 Å². The van der Waals surface area contributed by atoms with Gasteiger partial charge in [0.1, 0.15) is 11.4 Å². The van der Waals surface area contributed by atoms with Gasteiger partial charge in [-0.2, -0.15) is 15.0 Å². The summed E-state index contributed by atoms with van der Waals surface area (Å²) in [5, 5.41) is 4.50. The number of nitrogens with one attached hydrogen (secondary N) is 1. The maximum Gasteiger partial charge on any atom is 0.228 e. The minimum absolute atomic E-state index is 0.167. The summed E-state index contributed by atoms with van der Waals surface area (Å²) >= 11 is 7.16. The molecule has 94 valence electrons. The van der Waals surface area contributed by atoms with E-state index < -0.39 is 0 Å². The highest BCUT2D eigenvalue weighted by Crippen LogP contribution is 2.23. The molecule has 0 aliphatic carbocycles. The first-order chi connectivity index (χ1) is 8.78. The molecule has 0 aliphatic rings. The van der Waals surface area contributed by atoms with Crippen molar-refractivity contribution < 1.29 is 0 Å². The lowest BCUT2D eigenvalue weighted by molar-refractivity contribution is 0.875. The predicted octanol–water partition coefficient (Wildman–Crippen LogP) is 2.29. The zero-order valence-electron chi connectivity index (χ0n) is 9.67. The van der Waals surface area contributed by atoms with Gasteiger partial charge in [0.25, 0.3) is 0 Å². The Morgan fingerprint density at radius 2 is 2.22 bits per heavy atom. The Balaban J connectivity index is 2.15. The van der Waals surface area contributed by atoms with Gasteiger partial charge in [0.2, 0.25) is 11.2 Å². The van der Waals surface area contributed by atoms with E-state index in [1.807, 2.05) is 0 Å². The van der Waals surface area contributed by atoms with Crippen LogP contribution in [0.3, 0.4) is 0 Å². The molecular formula is C10H11ClN6S. The second-order valence-electron chi connectivity index (χ2n) is 3.29. The molecule has 0 saturated carbocycles. The molecular weight excluding hydrogens is 272 g/mol. The fourth-order valence-electron chi connectivity index (χ4n) is 1.13. The summed E-state index contributed by atoms with van der Waals surface area (Å²) in [6.45, 7) is 2.85. The zero-order chi connectivity index (χ0) is 12.8. The molecule has 0 fully saturated rings. The van der Waals surface area contributed by atoms with Crippen molar-refractivity contribution in [1.82, 2.24) is 24.9 Å². The minimum Gasteiger partial charge on any atom is -0.354 e. The van der Waals surface area contributed by atoms with E-state index in [4.69, 9.17) is 11.6 Å². The summed E-state index contributed by atoms with van der Waals surface area (Å²) in [6.07, 6.45) is 4.12. The number of halogens is 1. The molecule has 0 spiro atoms. The molecule has 0 saturated heterocycles. The monoisotopic (exact) mass is 282 g/mol. The van der Waals surface area contributed by atoms with Crippen molar-refractivity contribution in [3.63, 3.8) is 0 Å². The highest BCUT2D eigenvalue weighted by Gasteiger charge is 2.07. The van der Waals surface area contributed by atoms with Crippen molar-refractivity contribution in [3.05, 3.63) is 23.9 Å². The van der Waals surface area contributed by atoms with Crippen LogP contribution in [0.2, 0.25) is 5.28 Å². The normalized spacial score (nSPS) is 10.3. The van der Waals surface area contributed by atoms with Crippen molar-refractivity contribution >= 4 is 29.3 Å². The van der Waals surface area contributed by atoms with E-state index in [0.29, 0.717) is 11.1 Å². The molecule has 8 heteroatoms. The maximum atomic E-state index is 5.85. The molecule has 1 N–H and O–H groups in total. The van der Waals surface area contributed by atoms with Gasteiger partial charge < -0.3 is 5.32 Å². The van der Waals surface area contributed by atoms with Crippen molar-refractivity contribution in [1.29, 1.82) is 0 Å². The number of anilines is 1. The molecule has 0 aromatic carbocycles. The van der Waals surface area contributed by atoms with Gasteiger partial charge in [0, 0.05) is 12.7 Å². The summed E-state index contributed by atoms with van der Waals surface area (Å²) in [5.74, 6) is 0.480. The van der Waals surface area contributed by atoms with Crippen LogP contribution in [-0.2, 0) is 0 Å². The van der Waals surface area contributed by atoms with Crippen LogP contribution in [0, 0.1) is 0 Å². The highest BCUT2D eigenvalue weighted by atomic mass is 35.5. The number of rotatable bonds is 5. The molecule has 2 rings (SSSR count). The van der Waals surface area contributed by atoms with Crippen molar-refractivity contribution in [2.24, 2.45) is 0 Å². The lowest BCUT2D eigenvalue weighted by Crippen LogP contribution is -2.06. The van der Waals surface area contributed by atoms with E-state index in [9.17, 15) is 0 Å². The van der Waals surface area contributed by atoms with Gasteiger partial charge in [0.05, 0.1) is 0 Å². The molecule has 2 aromatic heterocycles. The zero-order valence-corrected chi connectivity index (χ0v) is 11.2. The van der Waals surface area contributed by atoms with Crippen LogP contribution in [-0.4, -0.2) is 31.5 Å². The lowest BCUT2D eigenvalue weighted by atomic mass is 10.5. The van der Waals surface area contributed by atoms with Crippen LogP contribution >= 0.6 is 23.4 Å². The van der Waals surface area contributed by atoms with E-state index in [-0.39, 0.29) is 5.28 Å². The van der Waals surface area contributed by atoms with E-state index >= 15 is 0 Å². The van der Waals surface area contributed by atoms with E-state index in [2.05, 4.69) is 37.2 Å². The Bertz CT molecular complexity index is 509. The molecule has 0 atom stereocenters. The van der Waals surface area contributed by atoms with Crippen molar-refractivity contribution in [3.8, 4) is 0 Å². The molecule has 0 aliphatic heterocycles. The first-order valence-corrected chi connectivity index (χ1v) is 6.56. The maximum absolute atomic E-state index is 5.85. The topological polar surface area (TPSA) is 76.5 Å². The summed E-state index contributed by atoms with van der Waals surface area (Å²) in [4.78, 5) is 20.2. The van der Waals surface area contributed by atoms with Crippen LogP contribution in [0.25, 0.3) is 0 Å².